The van der Waals surface area contributed by atoms with E-state index < -0.39 is 0 Å². The molecule has 0 aliphatic carbocycles. The van der Waals surface area contributed by atoms with Gasteiger partial charge < -0.3 is 9.30 Å². The van der Waals surface area contributed by atoms with Gasteiger partial charge in [-0.15, -0.1) is 10.2 Å². The van der Waals surface area contributed by atoms with Crippen molar-refractivity contribution < 1.29 is 9.53 Å². The highest BCUT2D eigenvalue weighted by Crippen LogP contribution is 2.29. The van der Waals surface area contributed by atoms with Crippen LogP contribution in [0.4, 0.5) is 0 Å². The Morgan fingerprint density at radius 3 is 3.06 bits per heavy atom. The van der Waals surface area contributed by atoms with Gasteiger partial charge in [-0.05, 0) is 12.8 Å². The minimum Gasteiger partial charge on any atom is -0.465 e. The van der Waals surface area contributed by atoms with Gasteiger partial charge in [0.05, 0.1) is 6.61 Å². The van der Waals surface area contributed by atoms with Crippen molar-refractivity contribution in [1.82, 2.24) is 14.8 Å². The maximum Gasteiger partial charge on any atom is 0.319 e. The van der Waals surface area contributed by atoms with E-state index in [1.807, 2.05) is 0 Å². The molecular formula is C11H15N3O2S. The molecule has 1 fully saturated rings. The van der Waals surface area contributed by atoms with Crippen molar-refractivity contribution in [2.24, 2.45) is 0 Å². The lowest BCUT2D eigenvalue weighted by Gasteiger charge is -2.08. The average Bonchev–Trinajstić information content (AvgIpc) is 2.81. The zero-order valence-corrected chi connectivity index (χ0v) is 10.4. The normalized spacial score (nSPS) is 24.2. The van der Waals surface area contributed by atoms with Crippen LogP contribution in [0.25, 0.3) is 0 Å². The summed E-state index contributed by atoms with van der Waals surface area (Å²) in [5.74, 6) is 0.956. The van der Waals surface area contributed by atoms with E-state index in [1.165, 1.54) is 31.0 Å². The van der Waals surface area contributed by atoms with Gasteiger partial charge in [0.15, 0.2) is 5.16 Å². The Bertz CT molecular complexity index is 432. The molecule has 1 atom stereocenters. The van der Waals surface area contributed by atoms with Gasteiger partial charge in [0.25, 0.3) is 0 Å². The number of rotatable bonds is 2. The van der Waals surface area contributed by atoms with E-state index in [1.54, 1.807) is 0 Å². The largest absolute Gasteiger partial charge is 0.465 e. The van der Waals surface area contributed by atoms with Gasteiger partial charge in [-0.3, -0.25) is 4.79 Å². The molecule has 0 spiro atoms. The molecular weight excluding hydrogens is 238 g/mol. The van der Waals surface area contributed by atoms with Gasteiger partial charge in [-0.25, -0.2) is 0 Å². The molecule has 1 aromatic rings. The Kier molecular flexibility index (Phi) is 3.05. The maximum atomic E-state index is 11.4. The van der Waals surface area contributed by atoms with E-state index in [4.69, 9.17) is 4.74 Å². The first-order chi connectivity index (χ1) is 8.34. The van der Waals surface area contributed by atoms with Crippen LogP contribution >= 0.6 is 11.8 Å². The SMILES string of the molecule is O=C1OCCC1Sc1nnc2n1CCCCC2. The molecule has 1 saturated heterocycles. The second-order valence-electron chi connectivity index (χ2n) is 4.42. The fraction of sp³-hybridized carbons (Fsp3) is 0.727. The molecule has 17 heavy (non-hydrogen) atoms. The molecule has 0 radical (unpaired) electrons. The smallest absolute Gasteiger partial charge is 0.319 e. The third kappa shape index (κ3) is 2.18. The lowest BCUT2D eigenvalue weighted by molar-refractivity contribution is -0.137. The maximum absolute atomic E-state index is 11.4. The molecule has 0 N–H and O–H groups in total. The topological polar surface area (TPSA) is 57.0 Å². The van der Waals surface area contributed by atoms with Crippen LogP contribution in [0.2, 0.25) is 0 Å². The van der Waals surface area contributed by atoms with Crippen LogP contribution in [0, 0.1) is 0 Å². The minimum absolute atomic E-state index is 0.0912. The molecule has 6 heteroatoms. The van der Waals surface area contributed by atoms with E-state index in [-0.39, 0.29) is 11.2 Å². The van der Waals surface area contributed by atoms with Gasteiger partial charge in [0.1, 0.15) is 11.1 Å². The van der Waals surface area contributed by atoms with Gasteiger partial charge in [-0.2, -0.15) is 0 Å². The van der Waals surface area contributed by atoms with Gasteiger partial charge in [-0.1, -0.05) is 18.2 Å². The quantitative estimate of drug-likeness (QED) is 0.746. The zero-order valence-electron chi connectivity index (χ0n) is 9.59. The van der Waals surface area contributed by atoms with Crippen molar-refractivity contribution in [3.63, 3.8) is 0 Å². The number of thioether (sulfide) groups is 1. The third-order valence-electron chi connectivity index (χ3n) is 3.21. The number of hydrogen-bond acceptors (Lipinski definition) is 5. The summed E-state index contributed by atoms with van der Waals surface area (Å²) < 4.78 is 7.14. The predicted molar refractivity (Wildman–Crippen MR) is 62.8 cm³/mol. The first-order valence-electron chi connectivity index (χ1n) is 6.10. The molecule has 5 nitrogen and oxygen atoms in total. The Morgan fingerprint density at radius 1 is 1.29 bits per heavy atom. The molecule has 1 unspecified atom stereocenters. The highest BCUT2D eigenvalue weighted by molar-refractivity contribution is 8.00. The Hall–Kier alpha value is -1.04. The summed E-state index contributed by atoms with van der Waals surface area (Å²) in [5, 5.41) is 9.22. The Balaban J connectivity index is 1.79. The predicted octanol–water partition coefficient (Wildman–Crippen LogP) is 1.41. The summed E-state index contributed by atoms with van der Waals surface area (Å²) in [5.41, 5.74) is 0. The zero-order chi connectivity index (χ0) is 11.7. The lowest BCUT2D eigenvalue weighted by atomic mass is 10.2. The number of cyclic esters (lactones) is 1. The van der Waals surface area contributed by atoms with Crippen LogP contribution in [0.15, 0.2) is 5.16 Å². The van der Waals surface area contributed by atoms with E-state index >= 15 is 0 Å². The molecule has 92 valence electrons. The fourth-order valence-corrected chi connectivity index (χ4v) is 3.30. The van der Waals surface area contributed by atoms with E-state index in [0.717, 1.165) is 30.4 Å². The number of nitrogens with zero attached hydrogens (tertiary/aromatic N) is 3. The van der Waals surface area contributed by atoms with Crippen LogP contribution in [-0.2, 0) is 22.5 Å². The van der Waals surface area contributed by atoms with Crippen LogP contribution in [-0.4, -0.2) is 32.6 Å². The number of ether oxygens (including phenoxy) is 1. The van der Waals surface area contributed by atoms with E-state index in [2.05, 4.69) is 14.8 Å². The molecule has 0 saturated carbocycles. The number of hydrogen-bond donors (Lipinski definition) is 0. The Morgan fingerprint density at radius 2 is 2.24 bits per heavy atom. The monoisotopic (exact) mass is 253 g/mol. The van der Waals surface area contributed by atoms with Crippen LogP contribution in [0.1, 0.15) is 31.5 Å². The fourth-order valence-electron chi connectivity index (χ4n) is 2.26. The number of carbonyl (C=O) groups excluding carboxylic acids is 1. The van der Waals surface area contributed by atoms with Crippen molar-refractivity contribution in [2.75, 3.05) is 6.61 Å². The number of aromatic nitrogens is 3. The molecule has 3 rings (SSSR count). The molecule has 2 aliphatic rings. The van der Waals surface area contributed by atoms with E-state index in [9.17, 15) is 4.79 Å². The van der Waals surface area contributed by atoms with Crippen molar-refractivity contribution >= 4 is 17.7 Å². The Labute approximate surface area is 104 Å². The van der Waals surface area contributed by atoms with E-state index in [0.29, 0.717) is 6.61 Å². The average molecular weight is 253 g/mol. The summed E-state index contributed by atoms with van der Waals surface area (Å²) in [4.78, 5) is 11.4. The number of aryl methyl sites for hydroxylation is 1. The molecule has 1 aromatic heterocycles. The van der Waals surface area contributed by atoms with Crippen molar-refractivity contribution in [1.29, 1.82) is 0 Å². The summed E-state index contributed by atoms with van der Waals surface area (Å²) in [6, 6.07) is 0. The van der Waals surface area contributed by atoms with Gasteiger partial charge >= 0.3 is 5.97 Å². The molecule has 2 aliphatic heterocycles. The van der Waals surface area contributed by atoms with Crippen molar-refractivity contribution in [3.8, 4) is 0 Å². The number of esters is 1. The molecule has 3 heterocycles. The van der Waals surface area contributed by atoms with Crippen LogP contribution in [0.5, 0.6) is 0 Å². The van der Waals surface area contributed by atoms with Crippen molar-refractivity contribution in [3.05, 3.63) is 5.82 Å². The highest BCUT2D eigenvalue weighted by atomic mass is 32.2. The lowest BCUT2D eigenvalue weighted by Crippen LogP contribution is -2.11. The number of fused-ring (bicyclic) bond motifs is 1. The second kappa shape index (κ2) is 4.68. The van der Waals surface area contributed by atoms with Crippen molar-refractivity contribution in [2.45, 2.75) is 49.1 Å². The summed E-state index contributed by atoms with van der Waals surface area (Å²) in [6.07, 6.45) is 5.40. The summed E-state index contributed by atoms with van der Waals surface area (Å²) in [6.45, 7) is 1.52. The third-order valence-corrected chi connectivity index (χ3v) is 4.44. The second-order valence-corrected chi connectivity index (χ2v) is 5.59. The first-order valence-corrected chi connectivity index (χ1v) is 6.98. The summed E-state index contributed by atoms with van der Waals surface area (Å²) in [7, 11) is 0. The number of carbonyl (C=O) groups is 1. The van der Waals surface area contributed by atoms with Crippen LogP contribution in [0.3, 0.4) is 0 Å². The summed E-state index contributed by atoms with van der Waals surface area (Å²) >= 11 is 1.50. The minimum atomic E-state index is -0.110. The highest BCUT2D eigenvalue weighted by Gasteiger charge is 2.30. The van der Waals surface area contributed by atoms with Crippen LogP contribution < -0.4 is 0 Å². The molecule has 0 aromatic carbocycles. The van der Waals surface area contributed by atoms with Gasteiger partial charge in [0.2, 0.25) is 0 Å². The standard InChI is InChI=1S/C11H15N3O2S/c15-10-8(5-7-16-10)17-11-13-12-9-4-2-1-3-6-14(9)11/h8H,1-7H2. The molecule has 0 amide bonds. The first kappa shape index (κ1) is 11.1. The van der Waals surface area contributed by atoms with Gasteiger partial charge in [0, 0.05) is 19.4 Å². The molecule has 0 bridgehead atoms.